The van der Waals surface area contributed by atoms with Crippen LogP contribution < -0.4 is 11.5 Å². The van der Waals surface area contributed by atoms with E-state index in [9.17, 15) is 4.79 Å². The Morgan fingerprint density at radius 3 is 1.70 bits per heavy atom. The summed E-state index contributed by atoms with van der Waals surface area (Å²) in [6, 6.07) is 15.2. The molecule has 23 heavy (non-hydrogen) atoms. The normalized spacial score (nSPS) is 18.5. The standard InChI is InChI=1S/C20H20N2O/c21-18-8-1-4-14(12-18)10-16-6-3-7-17(20(16)23)11-15-5-2-9-19(22)13-15/h1-2,4-5,8-13H,3,6-7,21-22H2/b16-10-,17-11+. The Bertz CT molecular complexity index is 737. The van der Waals surface area contributed by atoms with E-state index in [2.05, 4.69) is 0 Å². The van der Waals surface area contributed by atoms with E-state index in [0.717, 1.165) is 41.5 Å². The molecular formula is C20H20N2O. The summed E-state index contributed by atoms with van der Waals surface area (Å²) in [5.41, 5.74) is 16.7. The Morgan fingerprint density at radius 2 is 1.26 bits per heavy atom. The van der Waals surface area contributed by atoms with Crippen molar-refractivity contribution in [2.24, 2.45) is 0 Å². The maximum absolute atomic E-state index is 12.7. The smallest absolute Gasteiger partial charge is 0.185 e. The first-order valence-corrected chi connectivity index (χ1v) is 7.79. The largest absolute Gasteiger partial charge is 0.399 e. The van der Waals surface area contributed by atoms with E-state index in [0.29, 0.717) is 11.4 Å². The van der Waals surface area contributed by atoms with Crippen LogP contribution in [0.2, 0.25) is 0 Å². The molecule has 2 aromatic carbocycles. The fraction of sp³-hybridized carbons (Fsp3) is 0.150. The van der Waals surface area contributed by atoms with Gasteiger partial charge in [-0.3, -0.25) is 4.79 Å². The zero-order valence-corrected chi connectivity index (χ0v) is 13.0. The zero-order valence-electron chi connectivity index (χ0n) is 13.0. The molecule has 3 nitrogen and oxygen atoms in total. The minimum atomic E-state index is 0.126. The van der Waals surface area contributed by atoms with Crippen molar-refractivity contribution in [2.45, 2.75) is 19.3 Å². The lowest BCUT2D eigenvalue weighted by Gasteiger charge is -2.16. The molecule has 0 heterocycles. The number of anilines is 2. The molecule has 0 amide bonds. The van der Waals surface area contributed by atoms with Crippen molar-refractivity contribution in [1.82, 2.24) is 0 Å². The average molecular weight is 304 g/mol. The third-order valence-electron chi connectivity index (χ3n) is 3.98. The molecule has 2 aromatic rings. The van der Waals surface area contributed by atoms with Gasteiger partial charge in [0.15, 0.2) is 5.78 Å². The first kappa shape index (κ1) is 15.1. The number of benzene rings is 2. The molecule has 0 aromatic heterocycles. The zero-order chi connectivity index (χ0) is 16.2. The molecule has 3 heteroatoms. The molecule has 0 radical (unpaired) electrons. The summed E-state index contributed by atoms with van der Waals surface area (Å²) in [7, 11) is 0. The third kappa shape index (κ3) is 3.69. The van der Waals surface area contributed by atoms with Crippen molar-refractivity contribution in [1.29, 1.82) is 0 Å². The first-order chi connectivity index (χ1) is 11.1. The maximum Gasteiger partial charge on any atom is 0.185 e. The molecule has 0 spiro atoms. The van der Waals surface area contributed by atoms with Crippen molar-refractivity contribution in [2.75, 3.05) is 11.5 Å². The Balaban J connectivity index is 1.89. The Morgan fingerprint density at radius 1 is 0.783 bits per heavy atom. The number of carbonyl (C=O) groups excluding carboxylic acids is 1. The van der Waals surface area contributed by atoms with Gasteiger partial charge in [0, 0.05) is 22.5 Å². The highest BCUT2D eigenvalue weighted by Crippen LogP contribution is 2.28. The molecule has 3 rings (SSSR count). The van der Waals surface area contributed by atoms with E-state index in [4.69, 9.17) is 11.5 Å². The van der Waals surface area contributed by atoms with E-state index in [1.807, 2.05) is 60.7 Å². The molecule has 0 unspecified atom stereocenters. The topological polar surface area (TPSA) is 69.1 Å². The predicted molar refractivity (Wildman–Crippen MR) is 96.5 cm³/mol. The lowest BCUT2D eigenvalue weighted by molar-refractivity contribution is -0.112. The van der Waals surface area contributed by atoms with Crippen LogP contribution in [-0.2, 0) is 4.79 Å². The van der Waals surface area contributed by atoms with Crippen molar-refractivity contribution in [3.8, 4) is 0 Å². The maximum atomic E-state index is 12.7. The van der Waals surface area contributed by atoms with Gasteiger partial charge in [-0.2, -0.15) is 0 Å². The number of nitrogen functional groups attached to an aromatic ring is 2. The van der Waals surface area contributed by atoms with Crippen molar-refractivity contribution in [3.05, 3.63) is 70.8 Å². The van der Waals surface area contributed by atoms with Crippen LogP contribution in [0.5, 0.6) is 0 Å². The summed E-state index contributed by atoms with van der Waals surface area (Å²) in [5, 5.41) is 0. The van der Waals surface area contributed by atoms with Crippen LogP contribution in [0.1, 0.15) is 30.4 Å². The van der Waals surface area contributed by atoms with Crippen LogP contribution in [0.15, 0.2) is 59.7 Å². The fourth-order valence-electron chi connectivity index (χ4n) is 2.88. The van der Waals surface area contributed by atoms with Crippen LogP contribution in [-0.4, -0.2) is 5.78 Å². The van der Waals surface area contributed by atoms with Crippen LogP contribution in [0.4, 0.5) is 11.4 Å². The molecule has 116 valence electrons. The SMILES string of the molecule is Nc1cccc(/C=C2/CCC/C(=C\c3cccc(N)c3)C2=O)c1. The molecule has 4 N–H and O–H groups in total. The summed E-state index contributed by atoms with van der Waals surface area (Å²) in [6.07, 6.45) is 6.49. The number of allylic oxidation sites excluding steroid dienone is 2. The minimum absolute atomic E-state index is 0.126. The van der Waals surface area contributed by atoms with Crippen molar-refractivity contribution in [3.63, 3.8) is 0 Å². The van der Waals surface area contributed by atoms with Gasteiger partial charge in [-0.1, -0.05) is 24.3 Å². The van der Waals surface area contributed by atoms with Gasteiger partial charge in [0.1, 0.15) is 0 Å². The van der Waals surface area contributed by atoms with E-state index < -0.39 is 0 Å². The minimum Gasteiger partial charge on any atom is -0.399 e. The van der Waals surface area contributed by atoms with E-state index in [-0.39, 0.29) is 5.78 Å². The van der Waals surface area contributed by atoms with Gasteiger partial charge >= 0.3 is 0 Å². The monoisotopic (exact) mass is 304 g/mol. The molecule has 0 saturated heterocycles. The third-order valence-corrected chi connectivity index (χ3v) is 3.98. The summed E-state index contributed by atoms with van der Waals surface area (Å²) in [5.74, 6) is 0.126. The second-order valence-corrected chi connectivity index (χ2v) is 5.86. The number of rotatable bonds is 2. The van der Waals surface area contributed by atoms with Gasteiger partial charge in [-0.05, 0) is 66.8 Å². The van der Waals surface area contributed by atoms with Gasteiger partial charge < -0.3 is 11.5 Å². The molecule has 0 aliphatic heterocycles. The molecule has 0 bridgehead atoms. The number of carbonyl (C=O) groups is 1. The number of nitrogens with two attached hydrogens (primary N) is 2. The summed E-state index contributed by atoms with van der Waals surface area (Å²) in [6.45, 7) is 0. The summed E-state index contributed by atoms with van der Waals surface area (Å²) in [4.78, 5) is 12.7. The van der Waals surface area contributed by atoms with Crippen LogP contribution in [0.3, 0.4) is 0 Å². The highest BCUT2D eigenvalue weighted by atomic mass is 16.1. The molecule has 1 fully saturated rings. The molecule has 1 saturated carbocycles. The fourth-order valence-corrected chi connectivity index (χ4v) is 2.88. The van der Waals surface area contributed by atoms with E-state index >= 15 is 0 Å². The molecule has 1 aliphatic carbocycles. The van der Waals surface area contributed by atoms with Crippen molar-refractivity contribution >= 4 is 29.3 Å². The number of hydrogen-bond acceptors (Lipinski definition) is 3. The number of ketones is 1. The first-order valence-electron chi connectivity index (χ1n) is 7.79. The van der Waals surface area contributed by atoms with Crippen molar-refractivity contribution < 1.29 is 4.79 Å². The second kappa shape index (κ2) is 6.53. The van der Waals surface area contributed by atoms with Crippen LogP contribution in [0, 0.1) is 0 Å². The van der Waals surface area contributed by atoms with Gasteiger partial charge in [0.25, 0.3) is 0 Å². The molecule has 0 atom stereocenters. The van der Waals surface area contributed by atoms with Gasteiger partial charge in [0.05, 0.1) is 0 Å². The average Bonchev–Trinajstić information content (AvgIpc) is 2.51. The van der Waals surface area contributed by atoms with Gasteiger partial charge in [-0.15, -0.1) is 0 Å². The Labute approximate surface area is 136 Å². The van der Waals surface area contributed by atoms with Gasteiger partial charge in [-0.25, -0.2) is 0 Å². The van der Waals surface area contributed by atoms with Gasteiger partial charge in [0.2, 0.25) is 0 Å². The predicted octanol–water partition coefficient (Wildman–Crippen LogP) is 4.07. The van der Waals surface area contributed by atoms with Crippen LogP contribution >= 0.6 is 0 Å². The lowest BCUT2D eigenvalue weighted by atomic mass is 9.87. The summed E-state index contributed by atoms with van der Waals surface area (Å²) >= 11 is 0. The number of hydrogen-bond donors (Lipinski definition) is 2. The Kier molecular flexibility index (Phi) is 4.29. The second-order valence-electron chi connectivity index (χ2n) is 5.86. The quantitative estimate of drug-likeness (QED) is 0.649. The highest BCUT2D eigenvalue weighted by Gasteiger charge is 2.20. The lowest BCUT2D eigenvalue weighted by Crippen LogP contribution is -2.12. The van der Waals surface area contributed by atoms with E-state index in [1.54, 1.807) is 0 Å². The van der Waals surface area contributed by atoms with E-state index in [1.165, 1.54) is 0 Å². The Hall–Kier alpha value is -2.81. The van der Waals surface area contributed by atoms with Crippen LogP contribution in [0.25, 0.3) is 12.2 Å². The highest BCUT2D eigenvalue weighted by molar-refractivity contribution is 6.14. The number of Topliss-reactive ketones (excluding diaryl/α,β-unsaturated/α-hetero) is 1. The molecule has 1 aliphatic rings. The molecular weight excluding hydrogens is 284 g/mol. The summed E-state index contributed by atoms with van der Waals surface area (Å²) < 4.78 is 0.